The molecule has 2 N–H and O–H groups in total. The van der Waals surface area contributed by atoms with Gasteiger partial charge in [-0.2, -0.15) is 9.78 Å². The zero-order chi connectivity index (χ0) is 22.5. The van der Waals surface area contributed by atoms with Crippen LogP contribution < -0.4 is 5.43 Å². The molecule has 1 aliphatic heterocycles. The summed E-state index contributed by atoms with van der Waals surface area (Å²) in [5, 5.41) is 17.8. The van der Waals surface area contributed by atoms with Crippen LogP contribution in [-0.4, -0.2) is 38.9 Å². The summed E-state index contributed by atoms with van der Waals surface area (Å²) in [5.74, 6) is -0.719. The maximum absolute atomic E-state index is 13.0. The summed E-state index contributed by atoms with van der Waals surface area (Å²) in [7, 11) is 0. The van der Waals surface area contributed by atoms with E-state index in [-0.39, 0.29) is 27.5 Å². The minimum absolute atomic E-state index is 0.0504. The molecule has 1 aliphatic rings. The van der Waals surface area contributed by atoms with Crippen LogP contribution >= 0.6 is 34.8 Å². The van der Waals surface area contributed by atoms with E-state index in [2.05, 4.69) is 17.1 Å². The van der Waals surface area contributed by atoms with Crippen LogP contribution in [0, 0.1) is 6.92 Å². The number of hydrazine groups is 1. The molecule has 6 nitrogen and oxygen atoms in total. The van der Waals surface area contributed by atoms with Gasteiger partial charge < -0.3 is 5.11 Å². The van der Waals surface area contributed by atoms with E-state index in [9.17, 15) is 9.90 Å². The molecule has 1 amide bonds. The predicted molar refractivity (Wildman–Crippen MR) is 126 cm³/mol. The number of hydrogen-bond donors (Lipinski definition) is 2. The second kappa shape index (κ2) is 10.4. The Balaban J connectivity index is 2.08. The summed E-state index contributed by atoms with van der Waals surface area (Å²) in [4.78, 5) is 13.0. The third-order valence-corrected chi connectivity index (χ3v) is 5.74. The number of carbonyl (C=O) groups is 1. The Kier molecular flexibility index (Phi) is 7.84. The van der Waals surface area contributed by atoms with Gasteiger partial charge in [0.05, 0.1) is 5.69 Å². The second-order valence-corrected chi connectivity index (χ2v) is 8.41. The van der Waals surface area contributed by atoms with Gasteiger partial charge in [-0.05, 0) is 38.0 Å². The van der Waals surface area contributed by atoms with Crippen LogP contribution in [0.5, 0.6) is 0 Å². The van der Waals surface area contributed by atoms with Crippen LogP contribution in [0.2, 0.25) is 5.02 Å². The number of amides is 1. The molecule has 2 aromatic rings. The quantitative estimate of drug-likeness (QED) is 0.399. The summed E-state index contributed by atoms with van der Waals surface area (Å²) in [6.45, 7) is 6.91. The van der Waals surface area contributed by atoms with Gasteiger partial charge in [-0.3, -0.25) is 10.2 Å². The fourth-order valence-electron chi connectivity index (χ4n) is 3.36. The number of aliphatic hydroxyl groups excluding tert-OH is 1. The van der Waals surface area contributed by atoms with Crippen molar-refractivity contribution in [3.8, 4) is 11.3 Å². The number of aromatic nitrogens is 2. The number of halogens is 3. The van der Waals surface area contributed by atoms with Gasteiger partial charge in [0.2, 0.25) is 5.88 Å². The lowest BCUT2D eigenvalue weighted by molar-refractivity contribution is 0.0743. The van der Waals surface area contributed by atoms with E-state index in [1.165, 1.54) is 16.8 Å². The van der Waals surface area contributed by atoms with Gasteiger partial charge in [0, 0.05) is 34.3 Å². The molecule has 1 fully saturated rings. The smallest absolute Gasteiger partial charge is 0.286 e. The van der Waals surface area contributed by atoms with Gasteiger partial charge in [0.25, 0.3) is 5.91 Å². The SMILES string of the molecule is C=C/C(Cl)=C\C(Cl)=C(/O)n1nc(C(=O)NN2CCCCC2)c(C)c1-c1ccc(Cl)cc1. The number of hydrogen-bond acceptors (Lipinski definition) is 4. The molecular formula is C22H23Cl3N4O2. The molecular weight excluding hydrogens is 459 g/mol. The first-order valence-electron chi connectivity index (χ1n) is 9.82. The maximum Gasteiger partial charge on any atom is 0.286 e. The fourth-order valence-corrected chi connectivity index (χ4v) is 3.85. The van der Waals surface area contributed by atoms with Crippen molar-refractivity contribution in [2.75, 3.05) is 13.1 Å². The fraction of sp³-hybridized carbons (Fsp3) is 0.273. The highest BCUT2D eigenvalue weighted by Gasteiger charge is 2.25. The molecule has 1 saturated heterocycles. The molecule has 0 atom stereocenters. The lowest BCUT2D eigenvalue weighted by Crippen LogP contribution is -2.45. The first-order chi connectivity index (χ1) is 14.8. The van der Waals surface area contributed by atoms with E-state index in [0.29, 0.717) is 21.8 Å². The van der Waals surface area contributed by atoms with E-state index in [1.807, 2.05) is 5.01 Å². The molecule has 0 radical (unpaired) electrons. The number of benzene rings is 1. The number of piperidine rings is 1. The number of allylic oxidation sites excluding steroid dienone is 4. The van der Waals surface area contributed by atoms with Gasteiger partial charge >= 0.3 is 0 Å². The van der Waals surface area contributed by atoms with Crippen molar-refractivity contribution in [2.45, 2.75) is 26.2 Å². The molecule has 9 heteroatoms. The van der Waals surface area contributed by atoms with Crippen molar-refractivity contribution in [3.63, 3.8) is 0 Å². The van der Waals surface area contributed by atoms with Crippen molar-refractivity contribution in [1.29, 1.82) is 0 Å². The first-order valence-corrected chi connectivity index (χ1v) is 11.0. The van der Waals surface area contributed by atoms with Crippen LogP contribution in [-0.2, 0) is 0 Å². The third-order valence-electron chi connectivity index (χ3n) is 4.94. The number of nitrogens with zero attached hydrogens (tertiary/aromatic N) is 3. The van der Waals surface area contributed by atoms with Crippen LogP contribution in [0.3, 0.4) is 0 Å². The Morgan fingerprint density at radius 2 is 1.84 bits per heavy atom. The lowest BCUT2D eigenvalue weighted by Gasteiger charge is -2.26. The van der Waals surface area contributed by atoms with E-state index in [0.717, 1.165) is 32.4 Å². The maximum atomic E-state index is 13.0. The molecule has 164 valence electrons. The summed E-state index contributed by atoms with van der Waals surface area (Å²) in [5.41, 5.74) is 4.90. The summed E-state index contributed by atoms with van der Waals surface area (Å²) >= 11 is 18.2. The molecule has 1 aromatic carbocycles. The van der Waals surface area contributed by atoms with Crippen molar-refractivity contribution < 1.29 is 9.90 Å². The van der Waals surface area contributed by atoms with Gasteiger partial charge in [0.15, 0.2) is 5.69 Å². The Morgan fingerprint density at radius 1 is 1.19 bits per heavy atom. The third kappa shape index (κ3) is 5.52. The molecule has 0 unspecified atom stereocenters. The van der Waals surface area contributed by atoms with Crippen LogP contribution in [0.15, 0.2) is 53.1 Å². The number of carbonyl (C=O) groups excluding carboxylic acids is 1. The van der Waals surface area contributed by atoms with Crippen molar-refractivity contribution in [3.05, 3.63) is 69.3 Å². The summed E-state index contributed by atoms with van der Waals surface area (Å²) in [6.07, 6.45) is 5.95. The van der Waals surface area contributed by atoms with Gasteiger partial charge in [-0.25, -0.2) is 5.01 Å². The van der Waals surface area contributed by atoms with Crippen LogP contribution in [0.1, 0.15) is 35.3 Å². The zero-order valence-electron chi connectivity index (χ0n) is 17.0. The van der Waals surface area contributed by atoms with Crippen molar-refractivity contribution in [2.24, 2.45) is 0 Å². The topological polar surface area (TPSA) is 70.4 Å². The highest BCUT2D eigenvalue weighted by molar-refractivity contribution is 6.36. The molecule has 2 heterocycles. The number of rotatable bonds is 6. The van der Waals surface area contributed by atoms with Crippen molar-refractivity contribution in [1.82, 2.24) is 20.2 Å². The standard InChI is InChI=1S/C22H23Cl3N4O2/c1-3-16(23)13-18(25)22(31)29-20(15-7-9-17(24)10-8-15)14(2)19(26-29)21(30)27-28-11-5-4-6-12-28/h3,7-10,13,31H,1,4-6,11-12H2,2H3,(H,27,30)/b16-13+,22-18+. The first kappa shape index (κ1) is 23.4. The summed E-state index contributed by atoms with van der Waals surface area (Å²) < 4.78 is 1.23. The minimum atomic E-state index is -0.369. The molecule has 0 aliphatic carbocycles. The molecule has 31 heavy (non-hydrogen) atoms. The van der Waals surface area contributed by atoms with Crippen LogP contribution in [0.25, 0.3) is 17.1 Å². The Morgan fingerprint density at radius 3 is 2.45 bits per heavy atom. The number of aliphatic hydroxyl groups is 1. The largest absolute Gasteiger partial charge is 0.492 e. The highest BCUT2D eigenvalue weighted by Crippen LogP contribution is 2.31. The molecule has 0 spiro atoms. The molecule has 0 bridgehead atoms. The molecule has 3 rings (SSSR count). The number of nitrogens with one attached hydrogen (secondary N) is 1. The van der Waals surface area contributed by atoms with E-state index in [1.54, 1.807) is 31.2 Å². The molecule has 0 saturated carbocycles. The van der Waals surface area contributed by atoms with Gasteiger partial charge in [-0.15, -0.1) is 0 Å². The zero-order valence-corrected chi connectivity index (χ0v) is 19.3. The average molecular weight is 482 g/mol. The monoisotopic (exact) mass is 480 g/mol. The highest BCUT2D eigenvalue weighted by atomic mass is 35.5. The Labute approximate surface area is 196 Å². The average Bonchev–Trinajstić information content (AvgIpc) is 3.11. The van der Waals surface area contributed by atoms with Crippen molar-refractivity contribution >= 4 is 46.6 Å². The van der Waals surface area contributed by atoms with Gasteiger partial charge in [-0.1, -0.05) is 66.0 Å². The minimum Gasteiger partial charge on any atom is -0.492 e. The normalized spacial score (nSPS) is 16.1. The van der Waals surface area contributed by atoms with Gasteiger partial charge in [0.1, 0.15) is 5.03 Å². The summed E-state index contributed by atoms with van der Waals surface area (Å²) in [6, 6.07) is 7.00. The Bertz CT molecular complexity index is 1040. The second-order valence-electron chi connectivity index (χ2n) is 7.13. The molecule has 1 aromatic heterocycles. The Hall–Kier alpha value is -2.25. The lowest BCUT2D eigenvalue weighted by atomic mass is 10.1. The van der Waals surface area contributed by atoms with Crippen LogP contribution in [0.4, 0.5) is 0 Å². The van der Waals surface area contributed by atoms with E-state index < -0.39 is 0 Å². The predicted octanol–water partition coefficient (Wildman–Crippen LogP) is 5.87. The van der Waals surface area contributed by atoms with E-state index in [4.69, 9.17) is 34.8 Å². The van der Waals surface area contributed by atoms with E-state index >= 15 is 0 Å².